The maximum absolute atomic E-state index is 5.50. The van der Waals surface area contributed by atoms with Crippen LogP contribution in [-0.4, -0.2) is 23.1 Å². The topological polar surface area (TPSA) is 47.0 Å². The van der Waals surface area contributed by atoms with E-state index in [-0.39, 0.29) is 0 Å². The zero-order chi connectivity index (χ0) is 13.9. The van der Waals surface area contributed by atoms with E-state index in [4.69, 9.17) is 4.74 Å². The molecule has 0 spiro atoms. The second kappa shape index (κ2) is 9.59. The molecule has 0 aliphatic heterocycles. The van der Waals surface area contributed by atoms with Crippen LogP contribution in [0, 0.1) is 5.92 Å². The van der Waals surface area contributed by atoms with Crippen LogP contribution < -0.4 is 10.1 Å². The molecule has 0 aliphatic carbocycles. The highest BCUT2D eigenvalue weighted by atomic mass is 16.5. The number of ether oxygens (including phenoxy) is 1. The molecule has 108 valence electrons. The molecule has 0 saturated carbocycles. The van der Waals surface area contributed by atoms with E-state index < -0.39 is 0 Å². The third-order valence-electron chi connectivity index (χ3n) is 3.18. The van der Waals surface area contributed by atoms with Crippen LogP contribution in [0.1, 0.15) is 52.9 Å². The molecule has 1 aromatic heterocycles. The highest BCUT2D eigenvalue weighted by Gasteiger charge is 2.07. The molecule has 1 atom stereocenters. The molecular weight excluding hydrogens is 238 g/mol. The van der Waals surface area contributed by atoms with Crippen molar-refractivity contribution in [3.05, 3.63) is 12.3 Å². The summed E-state index contributed by atoms with van der Waals surface area (Å²) in [7, 11) is 0. The number of anilines is 1. The van der Waals surface area contributed by atoms with Crippen molar-refractivity contribution >= 4 is 5.95 Å². The van der Waals surface area contributed by atoms with Gasteiger partial charge in [0.25, 0.3) is 0 Å². The van der Waals surface area contributed by atoms with Crippen molar-refractivity contribution in [2.24, 2.45) is 5.92 Å². The molecule has 0 radical (unpaired) electrons. The second-order valence-electron chi connectivity index (χ2n) is 4.86. The predicted molar refractivity (Wildman–Crippen MR) is 79.6 cm³/mol. The van der Waals surface area contributed by atoms with E-state index in [0.717, 1.165) is 13.0 Å². The SMILES string of the molecule is CCCCC(CC)CNc1nccc(OCCC)n1. The van der Waals surface area contributed by atoms with Gasteiger partial charge in [0.2, 0.25) is 11.8 Å². The van der Waals surface area contributed by atoms with Crippen LogP contribution in [-0.2, 0) is 0 Å². The number of nitrogens with one attached hydrogen (secondary N) is 1. The lowest BCUT2D eigenvalue weighted by atomic mass is 9.99. The van der Waals surface area contributed by atoms with Gasteiger partial charge in [0.1, 0.15) is 0 Å². The van der Waals surface area contributed by atoms with E-state index >= 15 is 0 Å². The highest BCUT2D eigenvalue weighted by Crippen LogP contribution is 2.14. The Hall–Kier alpha value is -1.32. The molecule has 0 bridgehead atoms. The lowest BCUT2D eigenvalue weighted by molar-refractivity contribution is 0.305. The average Bonchev–Trinajstić information content (AvgIpc) is 2.46. The predicted octanol–water partition coefficient (Wildman–Crippen LogP) is 3.89. The van der Waals surface area contributed by atoms with Gasteiger partial charge in [-0.3, -0.25) is 0 Å². The van der Waals surface area contributed by atoms with Crippen LogP contribution in [0.3, 0.4) is 0 Å². The van der Waals surface area contributed by atoms with Gasteiger partial charge in [0, 0.05) is 18.8 Å². The zero-order valence-electron chi connectivity index (χ0n) is 12.5. The molecule has 0 amide bonds. The summed E-state index contributed by atoms with van der Waals surface area (Å²) in [4.78, 5) is 8.58. The Balaban J connectivity index is 2.42. The fourth-order valence-corrected chi connectivity index (χ4v) is 1.89. The van der Waals surface area contributed by atoms with Gasteiger partial charge in [-0.15, -0.1) is 0 Å². The third kappa shape index (κ3) is 6.41. The quantitative estimate of drug-likeness (QED) is 0.697. The van der Waals surface area contributed by atoms with E-state index in [2.05, 4.69) is 36.1 Å². The fraction of sp³-hybridized carbons (Fsp3) is 0.733. The minimum absolute atomic E-state index is 0.654. The van der Waals surface area contributed by atoms with Crippen LogP contribution in [0.2, 0.25) is 0 Å². The molecule has 0 fully saturated rings. The largest absolute Gasteiger partial charge is 0.478 e. The van der Waals surface area contributed by atoms with Crippen molar-refractivity contribution in [2.75, 3.05) is 18.5 Å². The first-order chi connectivity index (χ1) is 9.30. The van der Waals surface area contributed by atoms with Gasteiger partial charge in [0.15, 0.2) is 0 Å². The minimum atomic E-state index is 0.654. The maximum Gasteiger partial charge on any atom is 0.225 e. The Morgan fingerprint density at radius 1 is 1.26 bits per heavy atom. The number of rotatable bonds is 10. The van der Waals surface area contributed by atoms with Crippen molar-refractivity contribution in [1.29, 1.82) is 0 Å². The zero-order valence-corrected chi connectivity index (χ0v) is 12.5. The number of hydrogen-bond acceptors (Lipinski definition) is 4. The number of unbranched alkanes of at least 4 members (excludes halogenated alkanes) is 1. The molecule has 0 aliphatic rings. The lowest BCUT2D eigenvalue weighted by Crippen LogP contribution is -2.15. The van der Waals surface area contributed by atoms with Crippen molar-refractivity contribution < 1.29 is 4.74 Å². The Bertz CT molecular complexity index is 344. The monoisotopic (exact) mass is 265 g/mol. The first-order valence-electron chi connectivity index (χ1n) is 7.49. The summed E-state index contributed by atoms with van der Waals surface area (Å²) in [6, 6.07) is 1.80. The molecule has 1 unspecified atom stereocenters. The molecule has 0 aromatic carbocycles. The Kier molecular flexibility index (Phi) is 7.94. The van der Waals surface area contributed by atoms with E-state index in [1.54, 1.807) is 12.3 Å². The minimum Gasteiger partial charge on any atom is -0.478 e. The molecule has 4 heteroatoms. The van der Waals surface area contributed by atoms with Crippen molar-refractivity contribution in [2.45, 2.75) is 52.9 Å². The summed E-state index contributed by atoms with van der Waals surface area (Å²) in [5, 5.41) is 3.32. The third-order valence-corrected chi connectivity index (χ3v) is 3.18. The summed E-state index contributed by atoms with van der Waals surface area (Å²) in [6.45, 7) is 8.19. The molecule has 1 heterocycles. The lowest BCUT2D eigenvalue weighted by Gasteiger charge is -2.15. The van der Waals surface area contributed by atoms with Gasteiger partial charge >= 0.3 is 0 Å². The fourth-order valence-electron chi connectivity index (χ4n) is 1.89. The van der Waals surface area contributed by atoms with Gasteiger partial charge < -0.3 is 10.1 Å². The van der Waals surface area contributed by atoms with Gasteiger partial charge in [-0.25, -0.2) is 4.98 Å². The molecule has 19 heavy (non-hydrogen) atoms. The number of hydrogen-bond donors (Lipinski definition) is 1. The summed E-state index contributed by atoms with van der Waals surface area (Å²) >= 11 is 0. The van der Waals surface area contributed by atoms with Crippen LogP contribution in [0.25, 0.3) is 0 Å². The molecule has 1 rings (SSSR count). The van der Waals surface area contributed by atoms with Gasteiger partial charge in [-0.1, -0.05) is 40.0 Å². The van der Waals surface area contributed by atoms with Crippen molar-refractivity contribution in [3.63, 3.8) is 0 Å². The van der Waals surface area contributed by atoms with Crippen LogP contribution >= 0.6 is 0 Å². The standard InChI is InChI=1S/C15H27N3O/c1-4-7-8-13(6-3)12-17-15-16-10-9-14(18-15)19-11-5-2/h9-10,13H,4-8,11-12H2,1-3H3,(H,16,17,18). The van der Waals surface area contributed by atoms with Crippen LogP contribution in [0.5, 0.6) is 5.88 Å². The van der Waals surface area contributed by atoms with E-state index in [1.807, 2.05) is 0 Å². The summed E-state index contributed by atoms with van der Waals surface area (Å²) < 4.78 is 5.50. The van der Waals surface area contributed by atoms with Gasteiger partial charge in [-0.2, -0.15) is 4.98 Å². The van der Waals surface area contributed by atoms with Crippen molar-refractivity contribution in [3.8, 4) is 5.88 Å². The van der Waals surface area contributed by atoms with E-state index in [0.29, 0.717) is 24.4 Å². The molecular formula is C15H27N3O. The summed E-state index contributed by atoms with van der Waals surface area (Å²) in [5.74, 6) is 2.02. The van der Waals surface area contributed by atoms with E-state index in [9.17, 15) is 0 Å². The second-order valence-corrected chi connectivity index (χ2v) is 4.86. The van der Waals surface area contributed by atoms with Gasteiger partial charge in [0.05, 0.1) is 6.61 Å². The van der Waals surface area contributed by atoms with Crippen molar-refractivity contribution in [1.82, 2.24) is 9.97 Å². The Morgan fingerprint density at radius 2 is 2.11 bits per heavy atom. The average molecular weight is 265 g/mol. The number of aromatic nitrogens is 2. The molecule has 1 aromatic rings. The normalized spacial score (nSPS) is 12.2. The first kappa shape index (κ1) is 15.7. The smallest absolute Gasteiger partial charge is 0.225 e. The highest BCUT2D eigenvalue weighted by molar-refractivity contribution is 5.27. The van der Waals surface area contributed by atoms with Crippen LogP contribution in [0.4, 0.5) is 5.95 Å². The first-order valence-corrected chi connectivity index (χ1v) is 7.49. The Labute approximate surface area is 117 Å². The van der Waals surface area contributed by atoms with E-state index in [1.165, 1.54) is 25.7 Å². The maximum atomic E-state index is 5.50. The molecule has 4 nitrogen and oxygen atoms in total. The molecule has 0 saturated heterocycles. The summed E-state index contributed by atoms with van der Waals surface area (Å²) in [6.07, 6.45) is 7.74. The molecule has 1 N–H and O–H groups in total. The summed E-state index contributed by atoms with van der Waals surface area (Å²) in [5.41, 5.74) is 0. The van der Waals surface area contributed by atoms with Gasteiger partial charge in [-0.05, 0) is 18.8 Å². The Morgan fingerprint density at radius 3 is 2.79 bits per heavy atom. The van der Waals surface area contributed by atoms with Crippen LogP contribution in [0.15, 0.2) is 12.3 Å². The number of nitrogens with zero attached hydrogens (tertiary/aromatic N) is 2.